The highest BCUT2D eigenvalue weighted by Gasteiger charge is 2.14. The van der Waals surface area contributed by atoms with Crippen LogP contribution in [0.3, 0.4) is 0 Å². The van der Waals surface area contributed by atoms with Crippen LogP contribution in [-0.2, 0) is 0 Å². The highest BCUT2D eigenvalue weighted by molar-refractivity contribution is 9.10. The molecule has 0 atom stereocenters. The summed E-state index contributed by atoms with van der Waals surface area (Å²) in [5.41, 5.74) is 3.80. The van der Waals surface area contributed by atoms with E-state index in [1.54, 1.807) is 0 Å². The Morgan fingerprint density at radius 2 is 1.59 bits per heavy atom. The molecule has 2 nitrogen and oxygen atoms in total. The van der Waals surface area contributed by atoms with E-state index in [2.05, 4.69) is 80.0 Å². The van der Waals surface area contributed by atoms with E-state index in [0.29, 0.717) is 0 Å². The van der Waals surface area contributed by atoms with E-state index in [1.807, 2.05) is 0 Å². The first-order valence-corrected chi connectivity index (χ1v) is 8.72. The summed E-state index contributed by atoms with van der Waals surface area (Å²) >= 11 is 3.50. The van der Waals surface area contributed by atoms with Crippen molar-refractivity contribution in [3.8, 4) is 11.1 Å². The number of anilines is 1. The Labute approximate surface area is 139 Å². The Kier molecular flexibility index (Phi) is 3.67. The number of piperidine rings is 1. The minimum Gasteiger partial charge on any atom is -0.358 e. The molecule has 0 aliphatic carbocycles. The van der Waals surface area contributed by atoms with Crippen molar-refractivity contribution in [1.29, 1.82) is 0 Å². The summed E-state index contributed by atoms with van der Waals surface area (Å²) in [4.78, 5) is 2.52. The van der Waals surface area contributed by atoms with Gasteiger partial charge in [-0.1, -0.05) is 34.1 Å². The van der Waals surface area contributed by atoms with Gasteiger partial charge >= 0.3 is 0 Å². The Balaban J connectivity index is 1.78. The molecule has 112 valence electrons. The molecule has 0 radical (unpaired) electrons. The number of pyridine rings is 1. The lowest BCUT2D eigenvalue weighted by Crippen LogP contribution is -2.30. The lowest BCUT2D eigenvalue weighted by Gasteiger charge is -2.29. The first-order chi connectivity index (χ1) is 10.8. The largest absolute Gasteiger partial charge is 0.358 e. The summed E-state index contributed by atoms with van der Waals surface area (Å²) in [5.74, 6) is 1.32. The van der Waals surface area contributed by atoms with Crippen LogP contribution in [0.15, 0.2) is 59.2 Å². The van der Waals surface area contributed by atoms with E-state index in [-0.39, 0.29) is 0 Å². The maximum absolute atomic E-state index is 3.50. The van der Waals surface area contributed by atoms with Crippen LogP contribution in [0.4, 0.5) is 5.82 Å². The predicted octanol–water partition coefficient (Wildman–Crippen LogP) is 5.36. The van der Waals surface area contributed by atoms with Gasteiger partial charge in [0.05, 0.1) is 0 Å². The predicted molar refractivity (Wildman–Crippen MR) is 96.6 cm³/mol. The molecule has 1 fully saturated rings. The summed E-state index contributed by atoms with van der Waals surface area (Å²) in [6.07, 6.45) is 6.24. The Hall–Kier alpha value is -1.74. The molecule has 0 N–H and O–H groups in total. The monoisotopic (exact) mass is 354 g/mol. The van der Waals surface area contributed by atoms with E-state index >= 15 is 0 Å². The Bertz CT molecular complexity index is 783. The van der Waals surface area contributed by atoms with Gasteiger partial charge in [-0.2, -0.15) is 0 Å². The maximum Gasteiger partial charge on any atom is 0.113 e. The third-order valence-electron chi connectivity index (χ3n) is 4.47. The lowest BCUT2D eigenvalue weighted by molar-refractivity contribution is 0.572. The second-order valence-electron chi connectivity index (χ2n) is 5.96. The van der Waals surface area contributed by atoms with Crippen molar-refractivity contribution in [2.45, 2.75) is 19.3 Å². The number of halogens is 1. The normalized spacial score (nSPS) is 15.4. The molecule has 4 rings (SSSR count). The summed E-state index contributed by atoms with van der Waals surface area (Å²) in [7, 11) is 0. The molecule has 0 amide bonds. The van der Waals surface area contributed by atoms with E-state index in [9.17, 15) is 0 Å². The third kappa shape index (κ3) is 2.54. The summed E-state index contributed by atoms with van der Waals surface area (Å²) < 4.78 is 3.46. The molecule has 1 aromatic carbocycles. The second-order valence-corrected chi connectivity index (χ2v) is 6.88. The molecule has 0 bridgehead atoms. The number of fused-ring (bicyclic) bond motifs is 1. The standard InChI is InChI=1S/C19H19BrN2/c20-17-9-7-15(8-10-17)16-13-18-5-4-6-19(22(18)14-16)21-11-2-1-3-12-21/h4-10,13-14H,1-3,11-12H2. The van der Waals surface area contributed by atoms with Gasteiger partial charge in [-0.25, -0.2) is 0 Å². The smallest absolute Gasteiger partial charge is 0.113 e. The van der Waals surface area contributed by atoms with Gasteiger partial charge in [0.2, 0.25) is 0 Å². The van der Waals surface area contributed by atoms with E-state index in [4.69, 9.17) is 0 Å². The number of rotatable bonds is 2. The molecular weight excluding hydrogens is 336 g/mol. The van der Waals surface area contributed by atoms with Crippen LogP contribution >= 0.6 is 15.9 Å². The zero-order chi connectivity index (χ0) is 14.9. The fraction of sp³-hybridized carbons (Fsp3) is 0.263. The van der Waals surface area contributed by atoms with Gasteiger partial charge < -0.3 is 9.30 Å². The van der Waals surface area contributed by atoms with Gasteiger partial charge in [0, 0.05) is 34.8 Å². The summed E-state index contributed by atoms with van der Waals surface area (Å²) in [5, 5.41) is 0. The van der Waals surface area contributed by atoms with Gasteiger partial charge in [0.15, 0.2) is 0 Å². The van der Waals surface area contributed by atoms with E-state index in [0.717, 1.165) is 4.47 Å². The van der Waals surface area contributed by atoms with Crippen molar-refractivity contribution in [2.24, 2.45) is 0 Å². The Morgan fingerprint density at radius 3 is 2.36 bits per heavy atom. The van der Waals surface area contributed by atoms with Crippen LogP contribution in [0.25, 0.3) is 16.6 Å². The quantitative estimate of drug-likeness (QED) is 0.601. The van der Waals surface area contributed by atoms with Gasteiger partial charge in [0.25, 0.3) is 0 Å². The second kappa shape index (κ2) is 5.81. The minimum absolute atomic E-state index is 1.12. The van der Waals surface area contributed by atoms with Crippen LogP contribution in [0.1, 0.15) is 19.3 Å². The van der Waals surface area contributed by atoms with Gasteiger partial charge in [-0.3, -0.25) is 0 Å². The summed E-state index contributed by atoms with van der Waals surface area (Å²) in [6, 6.07) is 17.4. The minimum atomic E-state index is 1.12. The zero-order valence-corrected chi connectivity index (χ0v) is 14.1. The molecule has 1 aliphatic heterocycles. The van der Waals surface area contributed by atoms with Crippen molar-refractivity contribution in [3.63, 3.8) is 0 Å². The van der Waals surface area contributed by atoms with Crippen molar-refractivity contribution in [2.75, 3.05) is 18.0 Å². The topological polar surface area (TPSA) is 7.65 Å². The molecule has 0 spiro atoms. The van der Waals surface area contributed by atoms with Crippen LogP contribution in [-0.4, -0.2) is 17.5 Å². The molecule has 2 aromatic heterocycles. The number of hydrogen-bond acceptors (Lipinski definition) is 1. The molecular formula is C19H19BrN2. The maximum atomic E-state index is 3.50. The van der Waals surface area contributed by atoms with Crippen molar-refractivity contribution in [3.05, 3.63) is 59.2 Å². The number of nitrogens with zero attached hydrogens (tertiary/aromatic N) is 2. The molecule has 0 unspecified atom stereocenters. The van der Waals surface area contributed by atoms with Gasteiger partial charge in [-0.15, -0.1) is 0 Å². The number of hydrogen-bond donors (Lipinski definition) is 0. The molecule has 0 saturated carbocycles. The van der Waals surface area contributed by atoms with E-state index < -0.39 is 0 Å². The zero-order valence-electron chi connectivity index (χ0n) is 12.5. The fourth-order valence-corrected chi connectivity index (χ4v) is 3.56. The summed E-state index contributed by atoms with van der Waals surface area (Å²) in [6.45, 7) is 2.34. The molecule has 3 aromatic rings. The van der Waals surface area contributed by atoms with Crippen LogP contribution in [0.2, 0.25) is 0 Å². The highest BCUT2D eigenvalue weighted by atomic mass is 79.9. The molecule has 3 heterocycles. The molecule has 22 heavy (non-hydrogen) atoms. The SMILES string of the molecule is Brc1ccc(-c2cc3cccc(N4CCCCC4)n3c2)cc1. The average molecular weight is 355 g/mol. The molecule has 1 saturated heterocycles. The molecule has 3 heteroatoms. The van der Waals surface area contributed by atoms with Crippen LogP contribution in [0.5, 0.6) is 0 Å². The Morgan fingerprint density at radius 1 is 0.818 bits per heavy atom. The van der Waals surface area contributed by atoms with Gasteiger partial charge in [-0.05, 0) is 55.2 Å². The van der Waals surface area contributed by atoms with Crippen molar-refractivity contribution < 1.29 is 0 Å². The fourth-order valence-electron chi connectivity index (χ4n) is 3.30. The first kappa shape index (κ1) is 13.9. The van der Waals surface area contributed by atoms with Gasteiger partial charge in [0.1, 0.15) is 5.82 Å². The number of benzene rings is 1. The highest BCUT2D eigenvalue weighted by Crippen LogP contribution is 2.28. The average Bonchev–Trinajstić information content (AvgIpc) is 3.00. The van der Waals surface area contributed by atoms with Crippen LogP contribution < -0.4 is 4.90 Å². The third-order valence-corrected chi connectivity index (χ3v) is 5.00. The van der Waals surface area contributed by atoms with Crippen LogP contribution in [0, 0.1) is 0 Å². The van der Waals surface area contributed by atoms with E-state index in [1.165, 1.54) is 54.8 Å². The number of aromatic nitrogens is 1. The first-order valence-electron chi connectivity index (χ1n) is 7.93. The van der Waals surface area contributed by atoms with Crippen molar-refractivity contribution in [1.82, 2.24) is 4.40 Å². The lowest BCUT2D eigenvalue weighted by atomic mass is 10.1. The molecule has 1 aliphatic rings. The van der Waals surface area contributed by atoms with Crippen molar-refractivity contribution >= 4 is 27.3 Å².